The van der Waals surface area contributed by atoms with Crippen molar-refractivity contribution in [3.63, 3.8) is 0 Å². The molecule has 0 aliphatic carbocycles. The number of fused-ring (bicyclic) bond motifs is 1. The van der Waals surface area contributed by atoms with Gasteiger partial charge in [0, 0.05) is 12.1 Å². The normalized spacial score (nSPS) is 19.1. The van der Waals surface area contributed by atoms with Crippen molar-refractivity contribution in [1.82, 2.24) is 0 Å². The average molecular weight is 203 g/mol. The summed E-state index contributed by atoms with van der Waals surface area (Å²) in [5, 5.41) is 0. The molecule has 0 bridgehead atoms. The van der Waals surface area contributed by atoms with E-state index in [9.17, 15) is 0 Å². The van der Waals surface area contributed by atoms with Crippen LogP contribution in [-0.2, 0) is 0 Å². The fourth-order valence-corrected chi connectivity index (χ4v) is 1.95. The van der Waals surface area contributed by atoms with E-state index in [0.29, 0.717) is 6.54 Å². The molecule has 1 heterocycles. The molecule has 2 nitrogen and oxygen atoms in total. The third kappa shape index (κ3) is 2.05. The van der Waals surface area contributed by atoms with E-state index in [1.54, 1.807) is 0 Å². The number of rotatable bonds is 3. The van der Waals surface area contributed by atoms with Crippen molar-refractivity contribution in [3.05, 3.63) is 35.9 Å². The lowest BCUT2D eigenvalue weighted by molar-refractivity contribution is 0.233. The van der Waals surface area contributed by atoms with Crippen LogP contribution in [0.4, 0.5) is 0 Å². The molecule has 1 unspecified atom stereocenters. The van der Waals surface area contributed by atoms with Crippen LogP contribution >= 0.6 is 0 Å². The first-order valence-electron chi connectivity index (χ1n) is 5.52. The van der Waals surface area contributed by atoms with E-state index in [-0.39, 0.29) is 6.10 Å². The van der Waals surface area contributed by atoms with Gasteiger partial charge in [-0.05, 0) is 24.1 Å². The molecule has 0 saturated carbocycles. The number of benzene rings is 1. The van der Waals surface area contributed by atoms with Gasteiger partial charge >= 0.3 is 0 Å². The Morgan fingerprint density at radius 2 is 2.13 bits per heavy atom. The van der Waals surface area contributed by atoms with Crippen LogP contribution in [0.15, 0.2) is 30.3 Å². The molecule has 1 aromatic rings. The van der Waals surface area contributed by atoms with E-state index in [1.165, 1.54) is 5.57 Å². The Bertz CT molecular complexity index is 371. The van der Waals surface area contributed by atoms with Crippen LogP contribution in [0.1, 0.15) is 25.3 Å². The zero-order chi connectivity index (χ0) is 10.7. The Morgan fingerprint density at radius 1 is 1.33 bits per heavy atom. The molecule has 0 saturated heterocycles. The van der Waals surface area contributed by atoms with Gasteiger partial charge in [-0.15, -0.1) is 0 Å². The first kappa shape index (κ1) is 10.2. The second-order valence-electron chi connectivity index (χ2n) is 3.84. The number of hydrogen-bond acceptors (Lipinski definition) is 2. The Labute approximate surface area is 90.7 Å². The van der Waals surface area contributed by atoms with Gasteiger partial charge in [-0.3, -0.25) is 0 Å². The maximum atomic E-state index is 5.87. The molecular weight excluding hydrogens is 186 g/mol. The second kappa shape index (κ2) is 4.49. The molecule has 2 heteroatoms. The maximum Gasteiger partial charge on any atom is 0.127 e. The maximum absolute atomic E-state index is 5.87. The summed E-state index contributed by atoms with van der Waals surface area (Å²) in [6, 6.07) is 8.10. The standard InChI is InChI=1S/C13H17NO/c1-2-5-11-8-10(9-14)12-6-3-4-7-13(12)15-11/h3-4,6-8,11H,2,5,9,14H2,1H3. The molecule has 1 atom stereocenters. The largest absolute Gasteiger partial charge is 0.486 e. The van der Waals surface area contributed by atoms with Gasteiger partial charge < -0.3 is 10.5 Å². The van der Waals surface area contributed by atoms with E-state index in [4.69, 9.17) is 10.5 Å². The van der Waals surface area contributed by atoms with Crippen molar-refractivity contribution in [1.29, 1.82) is 0 Å². The van der Waals surface area contributed by atoms with Gasteiger partial charge in [0.15, 0.2) is 0 Å². The van der Waals surface area contributed by atoms with Crippen LogP contribution in [-0.4, -0.2) is 12.6 Å². The zero-order valence-corrected chi connectivity index (χ0v) is 9.07. The van der Waals surface area contributed by atoms with Crippen molar-refractivity contribution in [2.75, 3.05) is 6.54 Å². The van der Waals surface area contributed by atoms with E-state index < -0.39 is 0 Å². The number of para-hydroxylation sites is 1. The van der Waals surface area contributed by atoms with Gasteiger partial charge in [-0.1, -0.05) is 31.5 Å². The Kier molecular flexibility index (Phi) is 3.07. The van der Waals surface area contributed by atoms with Gasteiger partial charge in [-0.2, -0.15) is 0 Å². The van der Waals surface area contributed by atoms with Crippen LogP contribution in [0.2, 0.25) is 0 Å². The predicted molar refractivity (Wildman–Crippen MR) is 62.8 cm³/mol. The van der Waals surface area contributed by atoms with Crippen LogP contribution < -0.4 is 10.5 Å². The summed E-state index contributed by atoms with van der Waals surface area (Å²) in [5.41, 5.74) is 8.10. The number of hydrogen-bond donors (Lipinski definition) is 1. The fourth-order valence-electron chi connectivity index (χ4n) is 1.95. The first-order valence-corrected chi connectivity index (χ1v) is 5.52. The van der Waals surface area contributed by atoms with E-state index in [0.717, 1.165) is 24.2 Å². The monoisotopic (exact) mass is 203 g/mol. The zero-order valence-electron chi connectivity index (χ0n) is 9.07. The summed E-state index contributed by atoms with van der Waals surface area (Å²) in [6.07, 6.45) is 4.54. The lowest BCUT2D eigenvalue weighted by Gasteiger charge is -2.24. The lowest BCUT2D eigenvalue weighted by atomic mass is 9.99. The predicted octanol–water partition coefficient (Wildman–Crippen LogP) is 2.59. The van der Waals surface area contributed by atoms with Gasteiger partial charge in [-0.25, -0.2) is 0 Å². The first-order chi connectivity index (χ1) is 7.35. The highest BCUT2D eigenvalue weighted by atomic mass is 16.5. The molecule has 80 valence electrons. The molecule has 2 rings (SSSR count). The van der Waals surface area contributed by atoms with Crippen LogP contribution in [0.5, 0.6) is 5.75 Å². The molecule has 0 amide bonds. The molecule has 1 aromatic carbocycles. The summed E-state index contributed by atoms with van der Waals surface area (Å²) in [4.78, 5) is 0. The van der Waals surface area contributed by atoms with Crippen molar-refractivity contribution in [2.24, 2.45) is 5.73 Å². The van der Waals surface area contributed by atoms with Crippen molar-refractivity contribution >= 4 is 5.57 Å². The highest BCUT2D eigenvalue weighted by Crippen LogP contribution is 2.31. The van der Waals surface area contributed by atoms with Gasteiger partial charge in [0.1, 0.15) is 11.9 Å². The number of nitrogens with two attached hydrogens (primary N) is 1. The van der Waals surface area contributed by atoms with Crippen molar-refractivity contribution < 1.29 is 4.74 Å². The minimum absolute atomic E-state index is 0.198. The lowest BCUT2D eigenvalue weighted by Crippen LogP contribution is -2.20. The number of ether oxygens (including phenoxy) is 1. The molecular formula is C13H17NO. The Hall–Kier alpha value is -1.28. The summed E-state index contributed by atoms with van der Waals surface area (Å²) < 4.78 is 5.87. The smallest absolute Gasteiger partial charge is 0.127 e. The molecule has 0 radical (unpaired) electrons. The average Bonchev–Trinajstić information content (AvgIpc) is 2.28. The fraction of sp³-hybridized carbons (Fsp3) is 0.385. The van der Waals surface area contributed by atoms with Gasteiger partial charge in [0.25, 0.3) is 0 Å². The topological polar surface area (TPSA) is 35.2 Å². The molecule has 0 fully saturated rings. The highest BCUT2D eigenvalue weighted by molar-refractivity contribution is 5.73. The van der Waals surface area contributed by atoms with Crippen molar-refractivity contribution in [3.8, 4) is 5.75 Å². The summed E-state index contributed by atoms with van der Waals surface area (Å²) in [7, 11) is 0. The summed E-state index contributed by atoms with van der Waals surface area (Å²) >= 11 is 0. The Balaban J connectivity index is 2.32. The van der Waals surface area contributed by atoms with Crippen LogP contribution in [0.25, 0.3) is 5.57 Å². The minimum atomic E-state index is 0.198. The Morgan fingerprint density at radius 3 is 2.87 bits per heavy atom. The quantitative estimate of drug-likeness (QED) is 0.819. The van der Waals surface area contributed by atoms with E-state index >= 15 is 0 Å². The highest BCUT2D eigenvalue weighted by Gasteiger charge is 2.18. The van der Waals surface area contributed by atoms with E-state index in [2.05, 4.69) is 19.1 Å². The van der Waals surface area contributed by atoms with Gasteiger partial charge in [0.2, 0.25) is 0 Å². The summed E-state index contributed by atoms with van der Waals surface area (Å²) in [6.45, 7) is 2.75. The summed E-state index contributed by atoms with van der Waals surface area (Å²) in [5.74, 6) is 0.971. The third-order valence-corrected chi connectivity index (χ3v) is 2.69. The van der Waals surface area contributed by atoms with Crippen LogP contribution in [0.3, 0.4) is 0 Å². The second-order valence-corrected chi connectivity index (χ2v) is 3.84. The molecule has 0 aromatic heterocycles. The third-order valence-electron chi connectivity index (χ3n) is 2.69. The van der Waals surface area contributed by atoms with E-state index in [1.807, 2.05) is 18.2 Å². The molecule has 2 N–H and O–H groups in total. The SMILES string of the molecule is CCCC1C=C(CN)c2ccccc2O1. The minimum Gasteiger partial charge on any atom is -0.486 e. The van der Waals surface area contributed by atoms with Gasteiger partial charge in [0.05, 0.1) is 0 Å². The molecule has 15 heavy (non-hydrogen) atoms. The molecule has 1 aliphatic heterocycles. The molecule has 1 aliphatic rings. The molecule has 0 spiro atoms. The van der Waals surface area contributed by atoms with Crippen LogP contribution in [0, 0.1) is 0 Å². The van der Waals surface area contributed by atoms with Crippen molar-refractivity contribution in [2.45, 2.75) is 25.9 Å².